The minimum Gasteiger partial charge on any atom is -0.492 e. The van der Waals surface area contributed by atoms with E-state index in [9.17, 15) is 4.39 Å². The summed E-state index contributed by atoms with van der Waals surface area (Å²) in [5.74, 6) is -0.705. The monoisotopic (exact) mass is 576 g/mol. The van der Waals surface area contributed by atoms with Crippen LogP contribution in [-0.4, -0.2) is 72.7 Å². The summed E-state index contributed by atoms with van der Waals surface area (Å²) in [4.78, 5) is 4.05. The molecule has 2 aromatic rings. The Morgan fingerprint density at radius 2 is 1.73 bits per heavy atom. The van der Waals surface area contributed by atoms with Crippen LogP contribution < -0.4 is 10.1 Å². The van der Waals surface area contributed by atoms with Crippen LogP contribution in [0.15, 0.2) is 24.3 Å². The zero-order valence-electron chi connectivity index (χ0n) is 25.1. The van der Waals surface area contributed by atoms with E-state index in [-0.39, 0.29) is 30.4 Å². The molecule has 2 unspecified atom stereocenters. The standard InChI is InChI=1S/C32H44F4N4O/c1-7-21-16-39(17-21)10-11-41-22-13-26(33)29(27(34)14-22)30-23-8-9-28(38-18-31(3,4)35)25(15-37)24(23)12-20(2)40(30)19-32(5,6)36/h8-9,13-15,20-21,30,37-38H,7,10-12,16-19H2,1-6H3. The van der Waals surface area contributed by atoms with Crippen molar-refractivity contribution >= 4 is 11.9 Å². The number of halogens is 4. The molecule has 0 aliphatic carbocycles. The van der Waals surface area contributed by atoms with Crippen molar-refractivity contribution in [1.82, 2.24) is 9.80 Å². The third-order valence-corrected chi connectivity index (χ3v) is 8.10. The zero-order valence-corrected chi connectivity index (χ0v) is 25.1. The van der Waals surface area contributed by atoms with E-state index in [0.717, 1.165) is 25.1 Å². The van der Waals surface area contributed by atoms with Crippen LogP contribution in [0.4, 0.5) is 23.2 Å². The Balaban J connectivity index is 1.69. The van der Waals surface area contributed by atoms with Crippen molar-refractivity contribution in [1.29, 1.82) is 5.41 Å². The van der Waals surface area contributed by atoms with Crippen molar-refractivity contribution in [3.8, 4) is 5.75 Å². The summed E-state index contributed by atoms with van der Waals surface area (Å²) in [5.41, 5.74) is -0.808. The van der Waals surface area contributed by atoms with Crippen molar-refractivity contribution < 1.29 is 22.3 Å². The predicted molar refractivity (Wildman–Crippen MR) is 157 cm³/mol. The lowest BCUT2D eigenvalue weighted by atomic mass is 9.81. The van der Waals surface area contributed by atoms with Crippen LogP contribution >= 0.6 is 0 Å². The highest BCUT2D eigenvalue weighted by Gasteiger charge is 2.40. The van der Waals surface area contributed by atoms with Gasteiger partial charge in [0.2, 0.25) is 0 Å². The molecular weight excluding hydrogens is 532 g/mol. The molecule has 2 aliphatic rings. The van der Waals surface area contributed by atoms with Crippen molar-refractivity contribution in [3.63, 3.8) is 0 Å². The maximum Gasteiger partial charge on any atom is 0.134 e. The molecule has 1 fully saturated rings. The van der Waals surface area contributed by atoms with Gasteiger partial charge in [-0.1, -0.05) is 19.4 Å². The van der Waals surface area contributed by atoms with Crippen molar-refractivity contribution in [2.24, 2.45) is 5.92 Å². The van der Waals surface area contributed by atoms with E-state index in [1.54, 1.807) is 17.0 Å². The Bertz CT molecular complexity index is 1210. The summed E-state index contributed by atoms with van der Waals surface area (Å²) in [6, 6.07) is 4.67. The number of fused-ring (bicyclic) bond motifs is 1. The van der Waals surface area contributed by atoms with Gasteiger partial charge in [-0.15, -0.1) is 0 Å². The van der Waals surface area contributed by atoms with E-state index in [1.165, 1.54) is 46.0 Å². The Morgan fingerprint density at radius 3 is 2.29 bits per heavy atom. The van der Waals surface area contributed by atoms with Crippen LogP contribution in [-0.2, 0) is 6.42 Å². The highest BCUT2D eigenvalue weighted by atomic mass is 19.2. The van der Waals surface area contributed by atoms with Gasteiger partial charge in [-0.25, -0.2) is 17.6 Å². The Morgan fingerprint density at radius 1 is 1.07 bits per heavy atom. The first kappa shape index (κ1) is 31.3. The van der Waals surface area contributed by atoms with Crippen LogP contribution in [0.3, 0.4) is 0 Å². The number of rotatable bonds is 12. The second kappa shape index (κ2) is 12.3. The summed E-state index contributed by atoms with van der Waals surface area (Å²) < 4.78 is 66.7. The summed E-state index contributed by atoms with van der Waals surface area (Å²) in [6.07, 6.45) is 2.78. The van der Waals surface area contributed by atoms with Gasteiger partial charge < -0.3 is 15.5 Å². The first-order valence-corrected chi connectivity index (χ1v) is 14.6. The van der Waals surface area contributed by atoms with Crippen molar-refractivity contribution in [3.05, 3.63) is 58.2 Å². The van der Waals surface area contributed by atoms with E-state index in [2.05, 4.69) is 17.1 Å². The maximum atomic E-state index is 15.8. The smallest absolute Gasteiger partial charge is 0.134 e. The molecule has 0 amide bonds. The van der Waals surface area contributed by atoms with Gasteiger partial charge in [0.25, 0.3) is 0 Å². The number of hydrogen-bond donors (Lipinski definition) is 2. The van der Waals surface area contributed by atoms with Gasteiger partial charge >= 0.3 is 0 Å². The van der Waals surface area contributed by atoms with E-state index in [1.807, 2.05) is 6.92 Å². The minimum atomic E-state index is -1.62. The van der Waals surface area contributed by atoms with Gasteiger partial charge in [0, 0.05) is 73.9 Å². The van der Waals surface area contributed by atoms with E-state index < -0.39 is 29.0 Å². The van der Waals surface area contributed by atoms with Gasteiger partial charge in [0.05, 0.1) is 6.04 Å². The second-order valence-electron chi connectivity index (χ2n) is 12.8. The second-order valence-corrected chi connectivity index (χ2v) is 12.8. The number of nitrogens with one attached hydrogen (secondary N) is 2. The molecule has 2 heterocycles. The van der Waals surface area contributed by atoms with Gasteiger partial charge in [-0.05, 0) is 64.2 Å². The Labute approximate surface area is 241 Å². The molecule has 41 heavy (non-hydrogen) atoms. The first-order valence-electron chi connectivity index (χ1n) is 14.6. The largest absolute Gasteiger partial charge is 0.492 e. The number of alkyl halides is 2. The minimum absolute atomic E-state index is 0.0371. The quantitative estimate of drug-likeness (QED) is 0.213. The fraction of sp³-hybridized carbons (Fsp3) is 0.594. The molecule has 0 bridgehead atoms. The van der Waals surface area contributed by atoms with Gasteiger partial charge in [-0.2, -0.15) is 0 Å². The van der Waals surface area contributed by atoms with E-state index in [0.29, 0.717) is 42.3 Å². The van der Waals surface area contributed by atoms with Crippen LogP contribution in [0, 0.1) is 23.0 Å². The van der Waals surface area contributed by atoms with Crippen LogP contribution in [0.25, 0.3) is 0 Å². The lowest BCUT2D eigenvalue weighted by Gasteiger charge is -2.44. The first-order chi connectivity index (χ1) is 19.2. The lowest BCUT2D eigenvalue weighted by Crippen LogP contribution is -2.48. The van der Waals surface area contributed by atoms with E-state index in [4.69, 9.17) is 10.1 Å². The van der Waals surface area contributed by atoms with Crippen LogP contribution in [0.1, 0.15) is 76.3 Å². The highest BCUT2D eigenvalue weighted by molar-refractivity contribution is 5.89. The molecule has 0 radical (unpaired) electrons. The van der Waals surface area contributed by atoms with Crippen molar-refractivity contribution in [2.75, 3.05) is 44.6 Å². The average Bonchev–Trinajstić information content (AvgIpc) is 2.83. The molecule has 0 spiro atoms. The van der Waals surface area contributed by atoms with Crippen LogP contribution in [0.5, 0.6) is 5.75 Å². The summed E-state index contributed by atoms with van der Waals surface area (Å²) >= 11 is 0. The zero-order chi connectivity index (χ0) is 30.1. The van der Waals surface area contributed by atoms with Crippen molar-refractivity contribution in [2.45, 2.75) is 77.8 Å². The fourth-order valence-electron chi connectivity index (χ4n) is 5.95. The molecule has 2 aromatic carbocycles. The topological polar surface area (TPSA) is 51.6 Å². The Kier molecular flexibility index (Phi) is 9.38. The molecule has 0 aromatic heterocycles. The molecule has 2 atom stereocenters. The van der Waals surface area contributed by atoms with Gasteiger partial charge in [0.1, 0.15) is 35.3 Å². The fourth-order valence-corrected chi connectivity index (χ4v) is 5.95. The summed E-state index contributed by atoms with van der Waals surface area (Å²) in [6.45, 7) is 12.9. The average molecular weight is 577 g/mol. The molecule has 2 aliphatic heterocycles. The molecule has 4 rings (SSSR count). The molecule has 1 saturated heterocycles. The predicted octanol–water partition coefficient (Wildman–Crippen LogP) is 6.93. The lowest BCUT2D eigenvalue weighted by molar-refractivity contribution is 0.0651. The summed E-state index contributed by atoms with van der Waals surface area (Å²) in [7, 11) is 0. The molecule has 5 nitrogen and oxygen atoms in total. The van der Waals surface area contributed by atoms with Gasteiger partial charge in [0.15, 0.2) is 0 Å². The van der Waals surface area contributed by atoms with Crippen LogP contribution in [0.2, 0.25) is 0 Å². The number of anilines is 1. The Hall–Kier alpha value is -2.65. The normalized spacial score (nSPS) is 20.4. The van der Waals surface area contributed by atoms with E-state index >= 15 is 13.2 Å². The number of benzene rings is 2. The number of nitrogens with zero attached hydrogens (tertiary/aromatic N) is 2. The molecule has 9 heteroatoms. The molecule has 2 N–H and O–H groups in total. The third kappa shape index (κ3) is 7.41. The number of hydrogen-bond acceptors (Lipinski definition) is 5. The maximum absolute atomic E-state index is 15.8. The number of likely N-dealkylation sites (tertiary alicyclic amines) is 1. The van der Waals surface area contributed by atoms with Gasteiger partial charge in [-0.3, -0.25) is 9.80 Å². The third-order valence-electron chi connectivity index (χ3n) is 8.10. The molecular formula is C32H44F4N4O. The highest BCUT2D eigenvalue weighted by Crippen LogP contribution is 2.44. The molecule has 0 saturated carbocycles. The molecule has 226 valence electrons. The summed E-state index contributed by atoms with van der Waals surface area (Å²) in [5, 5.41) is 11.2. The SMILES string of the molecule is CCC1CN(CCOc2cc(F)c(C3c4ccc(NCC(C)(C)F)c(C=N)c4CC(C)N3CC(C)(C)F)c(F)c2)C1. The number of ether oxygens (including phenoxy) is 1.